The van der Waals surface area contributed by atoms with Gasteiger partial charge < -0.3 is 14.5 Å². The van der Waals surface area contributed by atoms with Crippen molar-refractivity contribution in [3.05, 3.63) is 18.4 Å². The van der Waals surface area contributed by atoms with Crippen molar-refractivity contribution in [3.8, 4) is 11.6 Å². The minimum absolute atomic E-state index is 0.0485. The summed E-state index contributed by atoms with van der Waals surface area (Å²) in [5, 5.41) is 11.5. The fourth-order valence-electron chi connectivity index (χ4n) is 2.00. The summed E-state index contributed by atoms with van der Waals surface area (Å²) in [6.45, 7) is 6.18. The van der Waals surface area contributed by atoms with Crippen LogP contribution in [0.5, 0.6) is 0 Å². The van der Waals surface area contributed by atoms with Gasteiger partial charge >= 0.3 is 5.97 Å². The molecule has 0 aliphatic rings. The first-order valence-electron chi connectivity index (χ1n) is 8.10. The molecule has 0 bridgehead atoms. The first-order chi connectivity index (χ1) is 12.0. The highest BCUT2D eigenvalue weighted by molar-refractivity contribution is 7.99. The highest BCUT2D eigenvalue weighted by Gasteiger charge is 2.17. The SMILES string of the molecule is CC[C@H](C)NC(=O)COC(=O)CSc1nnc(-c2ccco2)n1CC. The van der Waals surface area contributed by atoms with E-state index in [1.165, 1.54) is 11.8 Å². The van der Waals surface area contributed by atoms with Gasteiger partial charge in [0.15, 0.2) is 23.3 Å². The lowest BCUT2D eigenvalue weighted by atomic mass is 10.2. The standard InChI is InChI=1S/C16H22N4O4S/c1-4-11(3)17-13(21)9-24-14(22)10-25-16-19-18-15(20(16)5-2)12-7-6-8-23-12/h6-8,11H,4-5,9-10H2,1-3H3,(H,17,21)/t11-/m0/s1. The van der Waals surface area contributed by atoms with E-state index in [1.54, 1.807) is 18.4 Å². The van der Waals surface area contributed by atoms with Crippen LogP contribution in [0.2, 0.25) is 0 Å². The summed E-state index contributed by atoms with van der Waals surface area (Å²) in [6.07, 6.45) is 2.39. The van der Waals surface area contributed by atoms with Gasteiger partial charge in [-0.15, -0.1) is 10.2 Å². The van der Waals surface area contributed by atoms with Crippen LogP contribution in [0.3, 0.4) is 0 Å². The smallest absolute Gasteiger partial charge is 0.316 e. The molecule has 2 aromatic heterocycles. The van der Waals surface area contributed by atoms with Crippen LogP contribution >= 0.6 is 11.8 Å². The van der Waals surface area contributed by atoms with E-state index in [9.17, 15) is 9.59 Å². The Labute approximate surface area is 150 Å². The summed E-state index contributed by atoms with van der Waals surface area (Å²) in [4.78, 5) is 23.4. The molecule has 0 saturated heterocycles. The molecule has 0 fully saturated rings. The van der Waals surface area contributed by atoms with Crippen molar-refractivity contribution in [2.45, 2.75) is 44.9 Å². The normalized spacial score (nSPS) is 12.0. The number of hydrogen-bond donors (Lipinski definition) is 1. The molecular formula is C16H22N4O4S. The van der Waals surface area contributed by atoms with Crippen LogP contribution in [-0.4, -0.2) is 45.0 Å². The number of amides is 1. The highest BCUT2D eigenvalue weighted by Crippen LogP contribution is 2.24. The summed E-state index contributed by atoms with van der Waals surface area (Å²) >= 11 is 1.21. The second-order valence-corrected chi connectivity index (χ2v) is 6.30. The van der Waals surface area contributed by atoms with Crippen LogP contribution in [-0.2, 0) is 20.9 Å². The molecule has 1 amide bonds. The Bertz CT molecular complexity index is 699. The molecule has 0 aromatic carbocycles. The van der Waals surface area contributed by atoms with Gasteiger partial charge in [0.05, 0.1) is 12.0 Å². The van der Waals surface area contributed by atoms with E-state index >= 15 is 0 Å². The number of esters is 1. The van der Waals surface area contributed by atoms with Gasteiger partial charge in [-0.3, -0.25) is 14.2 Å². The Hall–Kier alpha value is -2.29. The van der Waals surface area contributed by atoms with Crippen molar-refractivity contribution in [1.82, 2.24) is 20.1 Å². The van der Waals surface area contributed by atoms with E-state index < -0.39 is 5.97 Å². The third-order valence-corrected chi connectivity index (χ3v) is 4.42. The van der Waals surface area contributed by atoms with Crippen LogP contribution in [0.1, 0.15) is 27.2 Å². The Balaban J connectivity index is 1.85. The fraction of sp³-hybridized carbons (Fsp3) is 0.500. The van der Waals surface area contributed by atoms with Crippen molar-refractivity contribution in [3.63, 3.8) is 0 Å². The zero-order valence-corrected chi connectivity index (χ0v) is 15.3. The topological polar surface area (TPSA) is 99.2 Å². The molecule has 0 saturated carbocycles. The predicted octanol–water partition coefficient (Wildman–Crippen LogP) is 2.11. The molecule has 1 atom stereocenters. The number of ether oxygens (including phenoxy) is 1. The van der Waals surface area contributed by atoms with Gasteiger partial charge in [-0.25, -0.2) is 0 Å². The monoisotopic (exact) mass is 366 g/mol. The summed E-state index contributed by atoms with van der Waals surface area (Å²) in [7, 11) is 0. The van der Waals surface area contributed by atoms with E-state index in [0.29, 0.717) is 23.3 Å². The summed E-state index contributed by atoms with van der Waals surface area (Å²) in [5.74, 6) is 0.494. The molecule has 0 unspecified atom stereocenters. The van der Waals surface area contributed by atoms with E-state index in [2.05, 4.69) is 15.5 Å². The maximum atomic E-state index is 11.8. The Morgan fingerprint density at radius 1 is 1.40 bits per heavy atom. The molecule has 9 heteroatoms. The molecule has 8 nitrogen and oxygen atoms in total. The van der Waals surface area contributed by atoms with Crippen molar-refractivity contribution in [2.75, 3.05) is 12.4 Å². The number of aromatic nitrogens is 3. The third kappa shape index (κ3) is 5.35. The predicted molar refractivity (Wildman–Crippen MR) is 93.0 cm³/mol. The molecule has 25 heavy (non-hydrogen) atoms. The first kappa shape index (κ1) is 19.0. The first-order valence-corrected chi connectivity index (χ1v) is 9.08. The lowest BCUT2D eigenvalue weighted by molar-refractivity contribution is -0.146. The number of nitrogens with one attached hydrogen (secondary N) is 1. The third-order valence-electron chi connectivity index (χ3n) is 3.48. The van der Waals surface area contributed by atoms with Gasteiger partial charge in [0.25, 0.3) is 5.91 Å². The van der Waals surface area contributed by atoms with Gasteiger partial charge in [0.1, 0.15) is 0 Å². The highest BCUT2D eigenvalue weighted by atomic mass is 32.2. The van der Waals surface area contributed by atoms with E-state index in [4.69, 9.17) is 9.15 Å². The summed E-state index contributed by atoms with van der Waals surface area (Å²) < 4.78 is 12.2. The van der Waals surface area contributed by atoms with Gasteiger partial charge in [-0.1, -0.05) is 18.7 Å². The van der Waals surface area contributed by atoms with Crippen molar-refractivity contribution in [2.24, 2.45) is 0 Å². The molecule has 0 aliphatic carbocycles. The maximum Gasteiger partial charge on any atom is 0.316 e. The number of hydrogen-bond acceptors (Lipinski definition) is 7. The van der Waals surface area contributed by atoms with E-state index in [0.717, 1.165) is 6.42 Å². The van der Waals surface area contributed by atoms with Gasteiger partial charge in [0, 0.05) is 12.6 Å². The average Bonchev–Trinajstić information content (AvgIpc) is 3.26. The van der Waals surface area contributed by atoms with Crippen LogP contribution in [0, 0.1) is 0 Å². The van der Waals surface area contributed by atoms with Crippen LogP contribution < -0.4 is 5.32 Å². The molecule has 1 N–H and O–H groups in total. The summed E-state index contributed by atoms with van der Waals surface area (Å²) in [6, 6.07) is 3.64. The number of furan rings is 1. The minimum atomic E-state index is -0.477. The van der Waals surface area contributed by atoms with Crippen LogP contribution in [0.15, 0.2) is 28.0 Å². The largest absolute Gasteiger partial charge is 0.461 e. The summed E-state index contributed by atoms with van der Waals surface area (Å²) in [5.41, 5.74) is 0. The lowest BCUT2D eigenvalue weighted by Gasteiger charge is -2.11. The quantitative estimate of drug-likeness (QED) is 0.536. The number of rotatable bonds is 9. The van der Waals surface area contributed by atoms with Gasteiger partial charge in [-0.05, 0) is 32.4 Å². The fourth-order valence-corrected chi connectivity index (χ4v) is 2.80. The Morgan fingerprint density at radius 2 is 2.20 bits per heavy atom. The maximum absolute atomic E-state index is 11.8. The molecule has 0 radical (unpaired) electrons. The molecule has 2 rings (SSSR count). The van der Waals surface area contributed by atoms with Crippen molar-refractivity contribution < 1.29 is 18.7 Å². The average molecular weight is 366 g/mol. The zero-order valence-electron chi connectivity index (χ0n) is 14.5. The molecule has 0 aliphatic heterocycles. The molecular weight excluding hydrogens is 344 g/mol. The second kappa shape index (κ2) is 9.26. The number of nitrogens with zero attached hydrogens (tertiary/aromatic N) is 3. The van der Waals surface area contributed by atoms with E-state index in [-0.39, 0.29) is 24.3 Å². The zero-order chi connectivity index (χ0) is 18.2. The van der Waals surface area contributed by atoms with E-state index in [1.807, 2.05) is 25.3 Å². The Kier molecular flexibility index (Phi) is 7.05. The van der Waals surface area contributed by atoms with Crippen molar-refractivity contribution >= 4 is 23.6 Å². The number of carbonyl (C=O) groups excluding carboxylic acids is 2. The van der Waals surface area contributed by atoms with Gasteiger partial charge in [0.2, 0.25) is 0 Å². The second-order valence-electron chi connectivity index (χ2n) is 5.35. The van der Waals surface area contributed by atoms with Crippen molar-refractivity contribution in [1.29, 1.82) is 0 Å². The number of carbonyl (C=O) groups is 2. The minimum Gasteiger partial charge on any atom is -0.461 e. The van der Waals surface area contributed by atoms with Gasteiger partial charge in [-0.2, -0.15) is 0 Å². The molecule has 2 heterocycles. The lowest BCUT2D eigenvalue weighted by Crippen LogP contribution is -2.35. The Morgan fingerprint density at radius 3 is 2.84 bits per heavy atom. The molecule has 0 spiro atoms. The molecule has 2 aromatic rings. The molecule has 136 valence electrons. The number of thioether (sulfide) groups is 1. The van der Waals surface area contributed by atoms with Crippen LogP contribution in [0.4, 0.5) is 0 Å². The van der Waals surface area contributed by atoms with Crippen LogP contribution in [0.25, 0.3) is 11.6 Å².